The summed E-state index contributed by atoms with van der Waals surface area (Å²) in [5, 5.41) is 0. The van der Waals surface area contributed by atoms with Crippen LogP contribution in [0.3, 0.4) is 0 Å². The molecule has 0 aliphatic rings. The maximum Gasteiger partial charge on any atom is 0.460 e. The van der Waals surface area contributed by atoms with E-state index < -0.39 is 89.2 Å². The number of rotatable bonds is 11. The van der Waals surface area contributed by atoms with Gasteiger partial charge in [0.05, 0.1) is 0 Å². The van der Waals surface area contributed by atoms with E-state index in [4.69, 9.17) is 0 Å². The molecule has 0 rings (SSSR count). The average molecular weight is 750 g/mol. The van der Waals surface area contributed by atoms with E-state index in [0.29, 0.717) is 0 Å². The Morgan fingerprint density at radius 2 is 0.333 bits per heavy atom. The van der Waals surface area contributed by atoms with Gasteiger partial charge in [-0.2, -0.15) is 123 Å². The van der Waals surface area contributed by atoms with E-state index in [9.17, 15) is 132 Å². The Bertz CT molecular complexity index is 1120. The lowest BCUT2D eigenvalue weighted by atomic mass is 9.89. The zero-order chi connectivity index (χ0) is 37.7. The SMILES string of the molecule is FC(=C(F)C(F)(F)C(F)(F)C(F)(F)C(F)(F)C(F)(F)C(F)(F)C(F)(F)F)C(F)(F)C(F)(F)C(F)(F)C(F)(F)C(F)(F)C(F)(F)F. The van der Waals surface area contributed by atoms with Crippen molar-refractivity contribution in [2.24, 2.45) is 0 Å². The summed E-state index contributed by atoms with van der Waals surface area (Å²) in [6, 6.07) is 0. The van der Waals surface area contributed by atoms with Gasteiger partial charge in [0, 0.05) is 0 Å². The Hall–Kier alpha value is -2.36. The van der Waals surface area contributed by atoms with E-state index in [-0.39, 0.29) is 0 Å². The van der Waals surface area contributed by atoms with Gasteiger partial charge in [0.15, 0.2) is 0 Å². The molecule has 0 aromatic heterocycles. The molecule has 0 amide bonds. The molecular formula is C15F30. The highest BCUT2D eigenvalue weighted by Crippen LogP contribution is 2.65. The lowest BCUT2D eigenvalue weighted by molar-refractivity contribution is -0.451. The van der Waals surface area contributed by atoms with Crippen molar-refractivity contribution in [3.8, 4) is 0 Å². The Kier molecular flexibility index (Phi) is 9.78. The van der Waals surface area contributed by atoms with Gasteiger partial charge in [-0.3, -0.25) is 0 Å². The Morgan fingerprint density at radius 3 is 0.489 bits per heavy atom. The zero-order valence-corrected chi connectivity index (χ0v) is 18.8. The molecule has 45 heavy (non-hydrogen) atoms. The molecule has 0 nitrogen and oxygen atoms in total. The first-order chi connectivity index (χ1) is 18.8. The van der Waals surface area contributed by atoms with Crippen LogP contribution in [0, 0.1) is 0 Å². The highest BCUT2D eigenvalue weighted by Gasteiger charge is 2.95. The number of hydrogen-bond donors (Lipinski definition) is 0. The summed E-state index contributed by atoms with van der Waals surface area (Å²) in [4.78, 5) is 0. The van der Waals surface area contributed by atoms with Gasteiger partial charge in [0.25, 0.3) is 0 Å². The molecule has 0 fully saturated rings. The smallest absolute Gasteiger partial charge is 0.202 e. The quantitative estimate of drug-likeness (QED) is 0.185. The number of halogens is 30. The molecule has 0 saturated heterocycles. The van der Waals surface area contributed by atoms with Crippen molar-refractivity contribution in [2.75, 3.05) is 0 Å². The van der Waals surface area contributed by atoms with Gasteiger partial charge in [0.2, 0.25) is 11.7 Å². The van der Waals surface area contributed by atoms with E-state index in [0.717, 1.165) is 0 Å². The molecule has 30 heteroatoms. The molecule has 0 aliphatic carbocycles. The van der Waals surface area contributed by atoms with Gasteiger partial charge >= 0.3 is 77.5 Å². The average Bonchev–Trinajstić information content (AvgIpc) is 2.80. The molecule has 0 aliphatic heterocycles. The predicted molar refractivity (Wildman–Crippen MR) is 75.8 cm³/mol. The highest BCUT2D eigenvalue weighted by molar-refractivity contribution is 5.27. The number of allylic oxidation sites excluding steroid dienone is 2. The first-order valence-electron chi connectivity index (χ1n) is 9.17. The molecule has 0 aromatic rings. The third kappa shape index (κ3) is 5.16. The second-order valence-electron chi connectivity index (χ2n) is 7.94. The van der Waals surface area contributed by atoms with E-state index in [1.54, 1.807) is 0 Å². The molecule has 0 radical (unpaired) electrons. The van der Waals surface area contributed by atoms with Crippen LogP contribution in [0.4, 0.5) is 132 Å². The van der Waals surface area contributed by atoms with Gasteiger partial charge in [0.1, 0.15) is 0 Å². The Balaban J connectivity index is 7.47. The second kappa shape index (κ2) is 10.3. The molecule has 0 spiro atoms. The van der Waals surface area contributed by atoms with Crippen LogP contribution in [-0.2, 0) is 0 Å². The van der Waals surface area contributed by atoms with Crippen LogP contribution < -0.4 is 0 Å². The van der Waals surface area contributed by atoms with E-state index >= 15 is 0 Å². The van der Waals surface area contributed by atoms with E-state index in [2.05, 4.69) is 0 Å². The van der Waals surface area contributed by atoms with Crippen LogP contribution in [0.15, 0.2) is 11.7 Å². The van der Waals surface area contributed by atoms with Crippen molar-refractivity contribution in [3.63, 3.8) is 0 Å². The maximum atomic E-state index is 13.5. The van der Waals surface area contributed by atoms with E-state index in [1.165, 1.54) is 0 Å². The first-order valence-corrected chi connectivity index (χ1v) is 9.17. The summed E-state index contributed by atoms with van der Waals surface area (Å²) in [6.45, 7) is 0. The van der Waals surface area contributed by atoms with Gasteiger partial charge in [-0.15, -0.1) is 0 Å². The third-order valence-corrected chi connectivity index (χ3v) is 5.01. The fraction of sp³-hybridized carbons (Fsp3) is 0.867. The summed E-state index contributed by atoms with van der Waals surface area (Å²) in [7, 11) is 0. The molecular weight excluding hydrogens is 750 g/mol. The standard InChI is InChI=1S/C15F30/c16-1(2(17)4(20,21)6(24,25)8(28,29)10(32,33)12(36,37)14(40,41)42)3(18,19)5(22,23)7(26,27)9(30,31)11(34,35)13(38,39)15(43,44)45. The van der Waals surface area contributed by atoms with Crippen molar-refractivity contribution in [1.82, 2.24) is 0 Å². The molecule has 0 bridgehead atoms. The summed E-state index contributed by atoms with van der Waals surface area (Å²) >= 11 is 0. The van der Waals surface area contributed by atoms with Gasteiger partial charge < -0.3 is 0 Å². The summed E-state index contributed by atoms with van der Waals surface area (Å²) in [6.07, 6.45) is -16.4. The van der Waals surface area contributed by atoms with Crippen LogP contribution in [-0.4, -0.2) is 77.5 Å². The minimum atomic E-state index is -9.46. The minimum Gasteiger partial charge on any atom is -0.202 e. The largest absolute Gasteiger partial charge is 0.460 e. The normalized spacial score (nSPS) is 17.5. The molecule has 0 N–H and O–H groups in total. The number of hydrogen-bond acceptors (Lipinski definition) is 0. The summed E-state index contributed by atoms with van der Waals surface area (Å²) < 4.78 is 389. The molecule has 270 valence electrons. The molecule has 0 unspecified atom stereocenters. The fourth-order valence-electron chi connectivity index (χ4n) is 2.29. The first kappa shape index (κ1) is 42.6. The van der Waals surface area contributed by atoms with Gasteiger partial charge in [-0.1, -0.05) is 0 Å². The molecule has 0 atom stereocenters. The lowest BCUT2D eigenvalue weighted by Gasteiger charge is -2.41. The van der Waals surface area contributed by atoms with Crippen molar-refractivity contribution in [2.45, 2.75) is 77.5 Å². The van der Waals surface area contributed by atoms with Crippen LogP contribution in [0.2, 0.25) is 0 Å². The number of alkyl halides is 28. The van der Waals surface area contributed by atoms with Crippen LogP contribution in [0.5, 0.6) is 0 Å². The lowest BCUT2D eigenvalue weighted by Crippen LogP contribution is -2.72. The van der Waals surface area contributed by atoms with Crippen LogP contribution in [0.25, 0.3) is 0 Å². The zero-order valence-electron chi connectivity index (χ0n) is 18.8. The summed E-state index contributed by atoms with van der Waals surface area (Å²) in [5.41, 5.74) is 0. The second-order valence-corrected chi connectivity index (χ2v) is 7.94. The van der Waals surface area contributed by atoms with Crippen molar-refractivity contribution in [3.05, 3.63) is 11.7 Å². The monoisotopic (exact) mass is 750 g/mol. The topological polar surface area (TPSA) is 0 Å². The molecule has 0 aromatic carbocycles. The van der Waals surface area contributed by atoms with Crippen LogP contribution in [0.1, 0.15) is 0 Å². The van der Waals surface area contributed by atoms with Crippen molar-refractivity contribution in [1.29, 1.82) is 0 Å². The Labute approximate surface area is 222 Å². The predicted octanol–water partition coefficient (Wildman–Crippen LogP) is 10.2. The minimum absolute atomic E-state index is 6.35. The third-order valence-electron chi connectivity index (χ3n) is 5.01. The van der Waals surface area contributed by atoms with Crippen molar-refractivity contribution < 1.29 is 132 Å². The molecule has 0 saturated carbocycles. The van der Waals surface area contributed by atoms with Crippen LogP contribution >= 0.6 is 0 Å². The summed E-state index contributed by atoms with van der Waals surface area (Å²) in [5.74, 6) is -113. The maximum absolute atomic E-state index is 13.5. The highest BCUT2D eigenvalue weighted by atomic mass is 19.4. The van der Waals surface area contributed by atoms with Gasteiger partial charge in [-0.05, 0) is 0 Å². The van der Waals surface area contributed by atoms with E-state index in [1.807, 2.05) is 0 Å². The fourth-order valence-corrected chi connectivity index (χ4v) is 2.29. The van der Waals surface area contributed by atoms with Crippen molar-refractivity contribution >= 4 is 0 Å². The molecule has 0 heterocycles. The van der Waals surface area contributed by atoms with Gasteiger partial charge in [-0.25, -0.2) is 8.78 Å². The Morgan fingerprint density at radius 1 is 0.200 bits per heavy atom.